The number of piperidine rings is 2. The fraction of sp³-hybridized carbons (Fsp3) is 0.455. The van der Waals surface area contributed by atoms with Gasteiger partial charge in [-0.15, -0.1) is 0 Å². The number of methoxy groups -OCH3 is 2. The second-order valence-electron chi connectivity index (χ2n) is 17.2. The Balaban J connectivity index is 0.921. The summed E-state index contributed by atoms with van der Waals surface area (Å²) in [5.74, 6) is 2.71. The van der Waals surface area contributed by atoms with Crippen molar-refractivity contribution in [3.63, 3.8) is 0 Å². The molecule has 4 fully saturated rings. The smallest absolute Gasteiger partial charge is 0.407 e. The number of aromatic nitrogens is 4. The van der Waals surface area contributed by atoms with E-state index in [1.54, 1.807) is 0 Å². The Morgan fingerprint density at radius 1 is 0.621 bits per heavy atom. The highest BCUT2D eigenvalue weighted by molar-refractivity contribution is 5.89. The summed E-state index contributed by atoms with van der Waals surface area (Å²) >= 11 is 0. The standard InChI is InChI=1S/C44H50N8O6/c1-21(2)35(49-43(55)57-5)41(53)51-19-27-15-29(27)37(51)39-45-31-13-11-25(17-33(31)47-39)23-7-9-24(10-8-23)26-12-14-32-34(18-26)48-40(46-32)38-30-16-28(30)20-52(38)42(54)36(22(3)4)50-44(56)58-6/h7-14,17-18,21-22,27-30,35-38H,15-16,19-20H2,1-6H3,(H,45,47)(H,46,48)(H,49,55)(H,50,56)/t27?,28?,29?,30?,35-,36-,37?,38?/m0/s1. The number of hydrogen-bond donors (Lipinski definition) is 4. The van der Waals surface area contributed by atoms with Crippen LogP contribution in [-0.2, 0) is 19.1 Å². The Kier molecular flexibility index (Phi) is 9.39. The van der Waals surface area contributed by atoms with E-state index in [1.807, 2.05) is 49.6 Å². The number of amides is 4. The zero-order valence-corrected chi connectivity index (χ0v) is 33.6. The maximum Gasteiger partial charge on any atom is 0.407 e. The fourth-order valence-corrected chi connectivity index (χ4v) is 9.39. The predicted octanol–water partition coefficient (Wildman–Crippen LogP) is 6.57. The number of fused-ring (bicyclic) bond motifs is 4. The minimum atomic E-state index is -0.683. The normalized spacial score (nSPS) is 24.1. The van der Waals surface area contributed by atoms with Gasteiger partial charge in [-0.05, 0) is 94.9 Å². The number of alkyl carbamates (subject to hydrolysis) is 2. The summed E-state index contributed by atoms with van der Waals surface area (Å²) < 4.78 is 9.61. The third-order valence-corrected chi connectivity index (χ3v) is 12.8. The van der Waals surface area contributed by atoms with E-state index in [1.165, 1.54) is 14.2 Å². The number of rotatable bonds is 10. The van der Waals surface area contributed by atoms with Crippen LogP contribution in [0, 0.1) is 35.5 Å². The molecule has 4 aliphatic rings. The molecule has 58 heavy (non-hydrogen) atoms. The van der Waals surface area contributed by atoms with Crippen molar-refractivity contribution in [2.75, 3.05) is 27.3 Å². The summed E-state index contributed by atoms with van der Waals surface area (Å²) in [6, 6.07) is 19.1. The van der Waals surface area contributed by atoms with E-state index in [-0.39, 0.29) is 35.7 Å². The van der Waals surface area contributed by atoms with Gasteiger partial charge in [-0.25, -0.2) is 19.6 Å². The van der Waals surface area contributed by atoms with Crippen LogP contribution in [0.15, 0.2) is 60.7 Å². The second-order valence-corrected chi connectivity index (χ2v) is 17.2. The van der Waals surface area contributed by atoms with Crippen molar-refractivity contribution in [2.45, 2.75) is 64.7 Å². The molecule has 4 amide bonds. The topological polar surface area (TPSA) is 175 Å². The van der Waals surface area contributed by atoms with E-state index in [0.29, 0.717) is 36.8 Å². The minimum Gasteiger partial charge on any atom is -0.453 e. The van der Waals surface area contributed by atoms with Crippen LogP contribution < -0.4 is 10.6 Å². The van der Waals surface area contributed by atoms with Gasteiger partial charge < -0.3 is 39.9 Å². The summed E-state index contributed by atoms with van der Waals surface area (Å²) in [4.78, 5) is 72.6. The molecule has 2 aromatic heterocycles. The molecule has 4 N–H and O–H groups in total. The van der Waals surface area contributed by atoms with Crippen molar-refractivity contribution in [1.29, 1.82) is 0 Å². The molecule has 2 aliphatic heterocycles. The third kappa shape index (κ3) is 6.71. The predicted molar refractivity (Wildman–Crippen MR) is 217 cm³/mol. The highest BCUT2D eigenvalue weighted by Gasteiger charge is 2.57. The molecule has 9 rings (SSSR count). The number of ether oxygens (including phenoxy) is 2. The minimum absolute atomic E-state index is 0.102. The van der Waals surface area contributed by atoms with Crippen molar-refractivity contribution in [2.24, 2.45) is 35.5 Å². The van der Waals surface area contributed by atoms with Gasteiger partial charge >= 0.3 is 12.2 Å². The van der Waals surface area contributed by atoms with Crippen molar-refractivity contribution in [3.8, 4) is 22.3 Å². The van der Waals surface area contributed by atoms with E-state index in [4.69, 9.17) is 19.4 Å². The first-order valence-corrected chi connectivity index (χ1v) is 20.3. The monoisotopic (exact) mass is 786 g/mol. The fourth-order valence-electron chi connectivity index (χ4n) is 9.39. The molecule has 14 nitrogen and oxygen atoms in total. The first kappa shape index (κ1) is 37.6. The van der Waals surface area contributed by atoms with E-state index >= 15 is 0 Å². The summed E-state index contributed by atoms with van der Waals surface area (Å²) in [7, 11) is 2.60. The molecule has 302 valence electrons. The highest BCUT2D eigenvalue weighted by atomic mass is 16.5. The Bertz CT molecular complexity index is 2250. The molecule has 6 unspecified atom stereocenters. The molecule has 14 heteroatoms. The quantitative estimate of drug-likeness (QED) is 0.123. The van der Waals surface area contributed by atoms with Crippen LogP contribution >= 0.6 is 0 Å². The summed E-state index contributed by atoms with van der Waals surface area (Å²) in [5.41, 5.74) is 7.66. The first-order valence-electron chi connectivity index (χ1n) is 20.3. The molecule has 3 aromatic carbocycles. The lowest BCUT2D eigenvalue weighted by Gasteiger charge is -2.31. The Labute approximate surface area is 336 Å². The molecule has 4 heterocycles. The van der Waals surface area contributed by atoms with Crippen LogP contribution in [0.3, 0.4) is 0 Å². The van der Waals surface area contributed by atoms with Crippen LogP contribution in [0.1, 0.15) is 64.3 Å². The molecule has 2 aliphatic carbocycles. The summed E-state index contributed by atoms with van der Waals surface area (Å²) in [6.45, 7) is 8.99. The van der Waals surface area contributed by atoms with Gasteiger partial charge in [0.05, 0.1) is 48.4 Å². The summed E-state index contributed by atoms with van der Waals surface area (Å²) in [5, 5.41) is 5.47. The molecule has 0 radical (unpaired) electrons. The zero-order chi connectivity index (χ0) is 40.6. The van der Waals surface area contributed by atoms with Crippen LogP contribution in [0.2, 0.25) is 0 Å². The molecular weight excluding hydrogens is 737 g/mol. The Morgan fingerprint density at radius 3 is 1.36 bits per heavy atom. The van der Waals surface area contributed by atoms with Crippen molar-refractivity contribution < 1.29 is 28.7 Å². The van der Waals surface area contributed by atoms with Gasteiger partial charge in [0.15, 0.2) is 0 Å². The van der Waals surface area contributed by atoms with E-state index in [0.717, 1.165) is 68.8 Å². The van der Waals surface area contributed by atoms with Crippen LogP contribution in [-0.4, -0.2) is 93.1 Å². The summed E-state index contributed by atoms with van der Waals surface area (Å²) in [6.07, 6.45) is 0.894. The van der Waals surface area contributed by atoms with Gasteiger partial charge in [0.25, 0.3) is 0 Å². The van der Waals surface area contributed by atoms with E-state index in [9.17, 15) is 19.2 Å². The average Bonchev–Trinajstić information content (AvgIpc) is 3.89. The number of H-pyrrole nitrogens is 2. The van der Waals surface area contributed by atoms with Gasteiger partial charge in [-0.2, -0.15) is 0 Å². The number of likely N-dealkylation sites (tertiary alicyclic amines) is 2. The number of carbonyl (C=O) groups excluding carboxylic acids is 4. The Morgan fingerprint density at radius 2 is 1.00 bits per heavy atom. The highest BCUT2D eigenvalue weighted by Crippen LogP contribution is 2.57. The maximum atomic E-state index is 13.8. The Hall–Kier alpha value is -5.92. The van der Waals surface area contributed by atoms with E-state index < -0.39 is 24.3 Å². The van der Waals surface area contributed by atoms with Gasteiger partial charge in [0.1, 0.15) is 23.7 Å². The first-order chi connectivity index (χ1) is 27.9. The lowest BCUT2D eigenvalue weighted by atomic mass is 10.00. The number of hydrogen-bond acceptors (Lipinski definition) is 8. The largest absolute Gasteiger partial charge is 0.453 e. The van der Waals surface area contributed by atoms with Crippen LogP contribution in [0.4, 0.5) is 9.59 Å². The van der Waals surface area contributed by atoms with Crippen LogP contribution in [0.5, 0.6) is 0 Å². The number of nitrogens with zero attached hydrogens (tertiary/aromatic N) is 4. The molecule has 5 aromatic rings. The van der Waals surface area contributed by atoms with Crippen molar-refractivity contribution in [3.05, 3.63) is 72.3 Å². The molecule has 2 saturated heterocycles. The lowest BCUT2D eigenvalue weighted by Crippen LogP contribution is -2.51. The average molecular weight is 787 g/mol. The molecule has 2 saturated carbocycles. The molecule has 0 bridgehead atoms. The molecule has 8 atom stereocenters. The van der Waals surface area contributed by atoms with E-state index in [2.05, 4.69) is 69.1 Å². The van der Waals surface area contributed by atoms with Gasteiger partial charge in [0, 0.05) is 13.1 Å². The van der Waals surface area contributed by atoms with Crippen molar-refractivity contribution in [1.82, 2.24) is 40.4 Å². The second kappa shape index (κ2) is 14.5. The molecule has 0 spiro atoms. The number of nitrogens with one attached hydrogen (secondary N) is 4. The SMILES string of the molecule is COC(=O)N[C@H](C(=O)N1CC2CC2C1c1nc2cc(-c3ccc(-c4ccc5[nH]c(C6C7CC7CN6C(=O)[C@@H](NC(=O)OC)C(C)C)nc5c4)cc3)ccc2[nH]1)C(C)C. The number of benzene rings is 3. The van der Waals surface area contributed by atoms with Crippen molar-refractivity contribution >= 4 is 46.1 Å². The maximum absolute atomic E-state index is 13.8. The lowest BCUT2D eigenvalue weighted by molar-refractivity contribution is -0.137. The molecular formula is C44H50N8O6. The van der Waals surface area contributed by atoms with Crippen LogP contribution in [0.25, 0.3) is 44.3 Å². The van der Waals surface area contributed by atoms with Gasteiger partial charge in [-0.1, -0.05) is 64.1 Å². The van der Waals surface area contributed by atoms with Gasteiger partial charge in [0.2, 0.25) is 11.8 Å². The van der Waals surface area contributed by atoms with Gasteiger partial charge in [-0.3, -0.25) is 9.59 Å². The number of imidazole rings is 2. The third-order valence-electron chi connectivity index (χ3n) is 12.8. The number of aromatic amines is 2. The zero-order valence-electron chi connectivity index (χ0n) is 33.6. The number of carbonyl (C=O) groups is 4.